The van der Waals surface area contributed by atoms with Gasteiger partial charge < -0.3 is 24.8 Å². The first-order chi connectivity index (χ1) is 21.0. The number of nitrogens with zero attached hydrogens (tertiary/aromatic N) is 5. The third-order valence-corrected chi connectivity index (χ3v) is 7.33. The molecule has 1 unspecified atom stereocenters. The maximum atomic E-state index is 14.7. The van der Waals surface area contributed by atoms with Gasteiger partial charge in [-0.25, -0.2) is 9.07 Å². The number of hydrogen-bond acceptors (Lipinski definition) is 7. The standard InChI is InChI=1S/C29H35F4N7O4/c1-2-38-10-6-20(7-11-38)15-26(41)35-23-9-13-39(27(42)16-23)12-8-22(30)18-40-19-25(36-37-40)28(43)34-17-21-4-3-5-24(14-21)44-29(31,32)33/h3-5,9,13-14,16,19-20,22H,2,6-8,10-12,15,17-18H2,1H3,(H,34,43)(H,35,41). The second kappa shape index (κ2) is 14.9. The van der Waals surface area contributed by atoms with E-state index in [-0.39, 0.29) is 43.2 Å². The number of carbonyl (C=O) groups excluding carboxylic acids is 2. The van der Waals surface area contributed by atoms with Crippen molar-refractivity contribution in [1.29, 1.82) is 0 Å². The Hall–Kier alpha value is -4.27. The molecule has 0 radical (unpaired) electrons. The maximum absolute atomic E-state index is 14.7. The van der Waals surface area contributed by atoms with Gasteiger partial charge in [0, 0.05) is 37.5 Å². The molecule has 44 heavy (non-hydrogen) atoms. The van der Waals surface area contributed by atoms with Crippen LogP contribution in [0, 0.1) is 5.92 Å². The van der Waals surface area contributed by atoms with E-state index in [0.29, 0.717) is 23.6 Å². The maximum Gasteiger partial charge on any atom is 0.573 e. The Balaban J connectivity index is 1.20. The zero-order valence-electron chi connectivity index (χ0n) is 24.2. The third kappa shape index (κ3) is 10.2. The van der Waals surface area contributed by atoms with Crippen molar-refractivity contribution in [3.63, 3.8) is 0 Å². The van der Waals surface area contributed by atoms with Crippen LogP contribution in [0.4, 0.5) is 23.2 Å². The number of halogens is 4. The van der Waals surface area contributed by atoms with Gasteiger partial charge in [-0.05, 0) is 68.6 Å². The monoisotopic (exact) mass is 621 g/mol. The zero-order chi connectivity index (χ0) is 31.7. The molecule has 1 fully saturated rings. The van der Waals surface area contributed by atoms with Gasteiger partial charge in [-0.2, -0.15) is 0 Å². The minimum absolute atomic E-state index is 0.0141. The van der Waals surface area contributed by atoms with Crippen LogP contribution in [0.5, 0.6) is 5.75 Å². The number of carbonyl (C=O) groups is 2. The molecule has 1 aromatic carbocycles. The van der Waals surface area contributed by atoms with Crippen LogP contribution in [0.2, 0.25) is 0 Å². The first kappa shape index (κ1) is 32.6. The lowest BCUT2D eigenvalue weighted by molar-refractivity contribution is -0.274. The van der Waals surface area contributed by atoms with E-state index in [4.69, 9.17) is 0 Å². The molecule has 1 aliphatic rings. The van der Waals surface area contributed by atoms with Gasteiger partial charge in [0.15, 0.2) is 5.69 Å². The average Bonchev–Trinajstić information content (AvgIpc) is 3.43. The van der Waals surface area contributed by atoms with Crippen molar-refractivity contribution < 1.29 is 31.9 Å². The molecule has 0 spiro atoms. The van der Waals surface area contributed by atoms with E-state index >= 15 is 0 Å². The number of amides is 2. The summed E-state index contributed by atoms with van der Waals surface area (Å²) < 4.78 is 58.3. The van der Waals surface area contributed by atoms with Crippen molar-refractivity contribution in [2.75, 3.05) is 25.0 Å². The number of anilines is 1. The van der Waals surface area contributed by atoms with Crippen LogP contribution in [0.25, 0.3) is 0 Å². The van der Waals surface area contributed by atoms with E-state index in [1.54, 1.807) is 6.07 Å². The summed E-state index contributed by atoms with van der Waals surface area (Å²) in [5.41, 5.74) is 0.293. The highest BCUT2D eigenvalue weighted by Crippen LogP contribution is 2.23. The predicted octanol–water partition coefficient (Wildman–Crippen LogP) is 3.76. The van der Waals surface area contributed by atoms with Gasteiger partial charge in [-0.3, -0.25) is 14.4 Å². The van der Waals surface area contributed by atoms with Gasteiger partial charge in [0.25, 0.3) is 11.5 Å². The number of nitrogens with one attached hydrogen (secondary N) is 2. The Morgan fingerprint density at radius 3 is 2.64 bits per heavy atom. The zero-order valence-corrected chi connectivity index (χ0v) is 24.2. The third-order valence-electron chi connectivity index (χ3n) is 7.33. The van der Waals surface area contributed by atoms with Crippen LogP contribution in [0.15, 0.2) is 53.6 Å². The summed E-state index contributed by atoms with van der Waals surface area (Å²) >= 11 is 0. The van der Waals surface area contributed by atoms with Crippen molar-refractivity contribution >= 4 is 17.5 Å². The molecule has 1 aliphatic heterocycles. The number of aryl methyl sites for hydroxylation is 1. The van der Waals surface area contributed by atoms with E-state index in [0.717, 1.165) is 49.3 Å². The predicted molar refractivity (Wildman–Crippen MR) is 153 cm³/mol. The van der Waals surface area contributed by atoms with Crippen LogP contribution in [-0.4, -0.2) is 68.4 Å². The number of likely N-dealkylation sites (tertiary alicyclic amines) is 1. The van der Waals surface area contributed by atoms with E-state index in [1.165, 1.54) is 35.2 Å². The summed E-state index contributed by atoms with van der Waals surface area (Å²) in [7, 11) is 0. The molecule has 3 heterocycles. The number of alkyl halides is 4. The molecule has 4 rings (SSSR count). The largest absolute Gasteiger partial charge is 0.573 e. The molecule has 0 saturated carbocycles. The summed E-state index contributed by atoms with van der Waals surface area (Å²) in [6.45, 7) is 4.88. The van der Waals surface area contributed by atoms with Crippen molar-refractivity contribution in [2.45, 2.75) is 64.8 Å². The van der Waals surface area contributed by atoms with Crippen molar-refractivity contribution in [3.05, 3.63) is 70.4 Å². The topological polar surface area (TPSA) is 123 Å². The molecule has 1 atom stereocenters. The Morgan fingerprint density at radius 2 is 1.93 bits per heavy atom. The Labute approximate surface area is 251 Å². The van der Waals surface area contributed by atoms with Gasteiger partial charge >= 0.3 is 6.36 Å². The molecule has 3 aromatic rings. The van der Waals surface area contributed by atoms with Gasteiger partial charge in [0.1, 0.15) is 11.9 Å². The molecule has 0 aliphatic carbocycles. The van der Waals surface area contributed by atoms with E-state index in [2.05, 4.69) is 37.5 Å². The van der Waals surface area contributed by atoms with E-state index in [9.17, 15) is 31.9 Å². The quantitative estimate of drug-likeness (QED) is 0.279. The number of aromatic nitrogens is 4. The lowest BCUT2D eigenvalue weighted by Crippen LogP contribution is -2.34. The second-order valence-electron chi connectivity index (χ2n) is 10.7. The fourth-order valence-electron chi connectivity index (χ4n) is 4.94. The summed E-state index contributed by atoms with van der Waals surface area (Å²) in [5, 5.41) is 12.8. The average molecular weight is 622 g/mol. The highest BCUT2D eigenvalue weighted by atomic mass is 19.4. The van der Waals surface area contributed by atoms with Crippen molar-refractivity contribution in [1.82, 2.24) is 29.8 Å². The van der Waals surface area contributed by atoms with Crippen LogP contribution < -0.4 is 20.9 Å². The van der Waals surface area contributed by atoms with Crippen LogP contribution in [0.1, 0.15) is 48.7 Å². The van der Waals surface area contributed by atoms with Crippen LogP contribution >= 0.6 is 0 Å². The normalized spacial score (nSPS) is 15.1. The first-order valence-corrected chi connectivity index (χ1v) is 14.4. The Morgan fingerprint density at radius 1 is 1.16 bits per heavy atom. The number of hydrogen-bond donors (Lipinski definition) is 2. The lowest BCUT2D eigenvalue weighted by atomic mass is 9.93. The molecule has 15 heteroatoms. The molecule has 0 bridgehead atoms. The number of benzene rings is 1. The second-order valence-corrected chi connectivity index (χ2v) is 10.7. The Kier molecular flexibility index (Phi) is 11.1. The minimum Gasteiger partial charge on any atom is -0.406 e. The minimum atomic E-state index is -4.83. The lowest BCUT2D eigenvalue weighted by Gasteiger charge is -2.30. The van der Waals surface area contributed by atoms with Crippen LogP contribution in [0.3, 0.4) is 0 Å². The molecule has 11 nitrogen and oxygen atoms in total. The fourth-order valence-corrected chi connectivity index (χ4v) is 4.94. The Bertz CT molecular complexity index is 1470. The summed E-state index contributed by atoms with van der Waals surface area (Å²) in [6.07, 6.45) is -1.15. The number of rotatable bonds is 13. The van der Waals surface area contributed by atoms with Crippen molar-refractivity contribution in [2.24, 2.45) is 5.92 Å². The highest BCUT2D eigenvalue weighted by molar-refractivity contribution is 5.92. The molecule has 1 saturated heterocycles. The number of piperidine rings is 1. The number of ether oxygens (including phenoxy) is 1. The van der Waals surface area contributed by atoms with Gasteiger partial charge in [0.2, 0.25) is 5.91 Å². The molecule has 2 aromatic heterocycles. The van der Waals surface area contributed by atoms with E-state index < -0.39 is 24.2 Å². The summed E-state index contributed by atoms with van der Waals surface area (Å²) in [4.78, 5) is 39.7. The molecule has 2 N–H and O–H groups in total. The summed E-state index contributed by atoms with van der Waals surface area (Å²) in [6, 6.07) is 8.08. The van der Waals surface area contributed by atoms with Gasteiger partial charge in [0.05, 0.1) is 12.7 Å². The first-order valence-electron chi connectivity index (χ1n) is 14.4. The molecule has 238 valence electrons. The molecule has 2 amide bonds. The highest BCUT2D eigenvalue weighted by Gasteiger charge is 2.31. The smallest absolute Gasteiger partial charge is 0.406 e. The fraction of sp³-hybridized carbons (Fsp3) is 0.483. The summed E-state index contributed by atoms with van der Waals surface area (Å²) in [5.74, 6) is -0.869. The van der Waals surface area contributed by atoms with Gasteiger partial charge in [-0.15, -0.1) is 18.3 Å². The number of pyridine rings is 1. The SMILES string of the molecule is CCN1CCC(CC(=O)Nc2ccn(CCC(F)Cn3cc(C(=O)NCc4cccc(OC(F)(F)F)c4)nn3)c(=O)c2)CC1. The van der Waals surface area contributed by atoms with Crippen molar-refractivity contribution in [3.8, 4) is 5.75 Å². The van der Waals surface area contributed by atoms with Gasteiger partial charge in [-0.1, -0.05) is 24.3 Å². The molecular formula is C29H35F4N7O4. The van der Waals surface area contributed by atoms with E-state index in [1.807, 2.05) is 0 Å². The molecular weight excluding hydrogens is 586 g/mol. The van der Waals surface area contributed by atoms with Crippen LogP contribution in [-0.2, 0) is 24.4 Å².